The number of likely N-dealkylation sites (N-methyl/N-ethyl adjacent to an activating group) is 1. The van der Waals surface area contributed by atoms with Crippen LogP contribution >= 0.6 is 7.82 Å². The van der Waals surface area contributed by atoms with Crippen LogP contribution in [0.25, 0.3) is 0 Å². The summed E-state index contributed by atoms with van der Waals surface area (Å²) in [4.78, 5) is 33.4. The molecule has 1 aliphatic carbocycles. The first kappa shape index (κ1) is 36.6. The topological polar surface area (TPSA) is 89.9 Å². The third kappa shape index (κ3) is 16.9. The van der Waals surface area contributed by atoms with Crippen LogP contribution in [0.5, 0.6) is 0 Å². The summed E-state index contributed by atoms with van der Waals surface area (Å²) in [5.41, 5.74) is 2.09. The molecule has 0 fully saturated rings. The van der Waals surface area contributed by atoms with Crippen LogP contribution in [-0.2, 0) is 29.6 Å². The fourth-order valence-electron chi connectivity index (χ4n) is 5.26. The van der Waals surface area contributed by atoms with E-state index in [0.717, 1.165) is 31.2 Å². The van der Waals surface area contributed by atoms with Gasteiger partial charge in [-0.05, 0) is 42.5 Å². The second-order valence-electron chi connectivity index (χ2n) is 12.9. The summed E-state index contributed by atoms with van der Waals surface area (Å²) in [6, 6.07) is 8.01. The average Bonchev–Trinajstić information content (AvgIpc) is 3.27. The van der Waals surface area contributed by atoms with Gasteiger partial charge in [-0.3, -0.25) is 18.6 Å². The van der Waals surface area contributed by atoms with Gasteiger partial charge in [0.25, 0.3) is 0 Å². The van der Waals surface area contributed by atoms with Gasteiger partial charge in [-0.2, -0.15) is 0 Å². The number of carbonyl (C=O) groups excluding carboxylic acids is 2. The molecule has 238 valence electrons. The number of rotatable bonds is 25. The maximum Gasteiger partial charge on any atom is 0.472 e. The smallest absolute Gasteiger partial charge is 0.329 e. The van der Waals surface area contributed by atoms with E-state index in [2.05, 4.69) is 12.1 Å². The van der Waals surface area contributed by atoms with E-state index in [1.807, 2.05) is 33.3 Å². The maximum absolute atomic E-state index is 11.9. The van der Waals surface area contributed by atoms with Crippen LogP contribution in [0.4, 0.5) is 0 Å². The Bertz CT molecular complexity index is 967. The molecule has 0 bridgehead atoms. The molecule has 0 heterocycles. The molecule has 1 aromatic carbocycles. The predicted octanol–water partition coefficient (Wildman–Crippen LogP) is 8.10. The minimum Gasteiger partial charge on any atom is -0.329 e. The number of hydrogen-bond acceptors (Lipinski definition) is 5. The van der Waals surface area contributed by atoms with Crippen molar-refractivity contribution in [3.05, 3.63) is 47.5 Å². The van der Waals surface area contributed by atoms with Crippen molar-refractivity contribution in [2.75, 3.05) is 40.9 Å². The van der Waals surface area contributed by atoms with Crippen molar-refractivity contribution in [1.29, 1.82) is 0 Å². The summed E-state index contributed by atoms with van der Waals surface area (Å²) < 4.78 is 22.6. The molecule has 7 nitrogen and oxygen atoms in total. The third-order valence-corrected chi connectivity index (χ3v) is 8.94. The maximum atomic E-state index is 11.9. The highest BCUT2D eigenvalue weighted by atomic mass is 31.2. The number of ketones is 2. The van der Waals surface area contributed by atoms with E-state index < -0.39 is 13.7 Å². The molecular formula is C34H57NO6P+. The summed E-state index contributed by atoms with van der Waals surface area (Å²) in [6.07, 6.45) is 23.7. The highest BCUT2D eigenvalue weighted by Crippen LogP contribution is 2.43. The number of quaternary nitrogens is 1. The number of benzene rings is 1. The molecule has 1 aliphatic rings. The lowest BCUT2D eigenvalue weighted by atomic mass is 9.93. The van der Waals surface area contributed by atoms with Crippen molar-refractivity contribution in [2.24, 2.45) is 0 Å². The summed E-state index contributed by atoms with van der Waals surface area (Å²) in [5, 5.41) is 0. The Morgan fingerprint density at radius 1 is 0.643 bits per heavy atom. The molecule has 1 N–H and O–H groups in total. The standard InChI is InChI=1S/C34H56NO6P/c1-35(2,3)27-29-41-42(38,39)40-28-19-17-15-13-11-9-7-5-4-6-8-10-12-14-16-18-20-30-21-23-31(24-22-30)34-32(36)25-26-33(34)37/h21-26,34H,4-20,27-29H2,1-3H3/p+1. The van der Waals surface area contributed by atoms with E-state index >= 15 is 0 Å². The normalized spacial score (nSPS) is 15.5. The van der Waals surface area contributed by atoms with Crippen molar-refractivity contribution < 1.29 is 32.6 Å². The zero-order valence-electron chi connectivity index (χ0n) is 26.6. The van der Waals surface area contributed by atoms with Crippen molar-refractivity contribution in [2.45, 2.75) is 115 Å². The van der Waals surface area contributed by atoms with Crippen molar-refractivity contribution in [3.63, 3.8) is 0 Å². The van der Waals surface area contributed by atoms with Crippen LogP contribution in [0.1, 0.15) is 120 Å². The van der Waals surface area contributed by atoms with Gasteiger partial charge in [0.15, 0.2) is 11.6 Å². The molecule has 8 heteroatoms. The Hall–Kier alpha value is -1.63. The summed E-state index contributed by atoms with van der Waals surface area (Å²) in [5.74, 6) is -0.825. The van der Waals surface area contributed by atoms with Crippen LogP contribution in [0.15, 0.2) is 36.4 Å². The molecule has 2 rings (SSSR count). The summed E-state index contributed by atoms with van der Waals surface area (Å²) >= 11 is 0. The van der Waals surface area contributed by atoms with Gasteiger partial charge < -0.3 is 9.38 Å². The molecule has 0 aromatic heterocycles. The van der Waals surface area contributed by atoms with Gasteiger partial charge in [-0.25, -0.2) is 4.57 Å². The predicted molar refractivity (Wildman–Crippen MR) is 171 cm³/mol. The molecule has 1 atom stereocenters. The Morgan fingerprint density at radius 2 is 1.05 bits per heavy atom. The molecule has 0 amide bonds. The highest BCUT2D eigenvalue weighted by Gasteiger charge is 2.29. The summed E-state index contributed by atoms with van der Waals surface area (Å²) in [7, 11) is 2.12. The van der Waals surface area contributed by atoms with Crippen molar-refractivity contribution in [3.8, 4) is 0 Å². The molecule has 0 radical (unpaired) electrons. The largest absolute Gasteiger partial charge is 0.472 e. The van der Waals surface area contributed by atoms with Gasteiger partial charge >= 0.3 is 7.82 Å². The van der Waals surface area contributed by atoms with E-state index in [1.54, 1.807) is 0 Å². The lowest BCUT2D eigenvalue weighted by molar-refractivity contribution is -0.870. The van der Waals surface area contributed by atoms with E-state index in [4.69, 9.17) is 9.05 Å². The van der Waals surface area contributed by atoms with Crippen LogP contribution in [0, 0.1) is 0 Å². The fraction of sp³-hybridized carbons (Fsp3) is 0.706. The highest BCUT2D eigenvalue weighted by molar-refractivity contribution is 7.47. The zero-order valence-corrected chi connectivity index (χ0v) is 27.5. The summed E-state index contributed by atoms with van der Waals surface area (Å²) in [6.45, 7) is 1.15. The second kappa shape index (κ2) is 20.3. The molecular weight excluding hydrogens is 549 g/mol. The number of hydrogen-bond donors (Lipinski definition) is 1. The van der Waals surface area contributed by atoms with Crippen molar-refractivity contribution >= 4 is 19.4 Å². The van der Waals surface area contributed by atoms with Crippen LogP contribution in [-0.4, -0.2) is 61.8 Å². The van der Waals surface area contributed by atoms with Crippen LogP contribution in [0.2, 0.25) is 0 Å². The third-order valence-electron chi connectivity index (χ3n) is 7.92. The molecule has 0 saturated carbocycles. The number of nitrogens with zero attached hydrogens (tertiary/aromatic N) is 1. The van der Waals surface area contributed by atoms with E-state index in [0.29, 0.717) is 11.0 Å². The second-order valence-corrected chi connectivity index (χ2v) is 14.3. The molecule has 42 heavy (non-hydrogen) atoms. The Kier molecular flexibility index (Phi) is 17.7. The van der Waals surface area contributed by atoms with Crippen molar-refractivity contribution in [1.82, 2.24) is 0 Å². The Balaban J connectivity index is 1.30. The minimum absolute atomic E-state index is 0.104. The Morgan fingerprint density at radius 3 is 1.50 bits per heavy atom. The van der Waals surface area contributed by atoms with E-state index in [9.17, 15) is 19.0 Å². The fourth-order valence-corrected chi connectivity index (χ4v) is 6.00. The lowest BCUT2D eigenvalue weighted by Gasteiger charge is -2.24. The van der Waals surface area contributed by atoms with Gasteiger partial charge in [-0.15, -0.1) is 0 Å². The minimum atomic E-state index is -3.91. The first-order valence-corrected chi connectivity index (χ1v) is 17.8. The first-order valence-electron chi connectivity index (χ1n) is 16.3. The van der Waals surface area contributed by atoms with Gasteiger partial charge in [0, 0.05) is 0 Å². The number of unbranched alkanes of at least 4 members (excludes halogenated alkanes) is 15. The number of allylic oxidation sites excluding steroid dienone is 2. The zero-order chi connectivity index (χ0) is 30.7. The van der Waals surface area contributed by atoms with E-state index in [1.165, 1.54) is 101 Å². The van der Waals surface area contributed by atoms with Crippen LogP contribution in [0.3, 0.4) is 0 Å². The molecule has 0 spiro atoms. The number of phosphoric acid groups is 1. The van der Waals surface area contributed by atoms with Gasteiger partial charge in [0.2, 0.25) is 0 Å². The number of aryl methyl sites for hydroxylation is 1. The SMILES string of the molecule is C[N+](C)(C)CCOP(=O)(O)OCCCCCCCCCCCCCCCCCCc1ccc(C2C(=O)C=CC2=O)cc1. The molecule has 1 unspecified atom stereocenters. The quantitative estimate of drug-likeness (QED) is 0.0524. The molecule has 0 aliphatic heterocycles. The molecule has 0 saturated heterocycles. The molecule has 1 aromatic rings. The van der Waals surface area contributed by atoms with Gasteiger partial charge in [-0.1, -0.05) is 114 Å². The number of carbonyl (C=O) groups is 2. The van der Waals surface area contributed by atoms with Gasteiger partial charge in [0.1, 0.15) is 19.1 Å². The Labute approximate surface area is 255 Å². The average molecular weight is 607 g/mol. The van der Waals surface area contributed by atoms with Gasteiger partial charge in [0.05, 0.1) is 27.7 Å². The van der Waals surface area contributed by atoms with E-state index in [-0.39, 0.29) is 24.8 Å². The lowest BCUT2D eigenvalue weighted by Crippen LogP contribution is -2.37. The van der Waals surface area contributed by atoms with Crippen LogP contribution < -0.4 is 0 Å². The number of phosphoric ester groups is 1. The first-order chi connectivity index (χ1) is 20.1. The monoisotopic (exact) mass is 606 g/mol.